The zero-order valence-electron chi connectivity index (χ0n) is 13.6. The minimum Gasteiger partial charge on any atom is -0.328 e. The van der Waals surface area contributed by atoms with Crippen LogP contribution in [0.3, 0.4) is 0 Å². The summed E-state index contributed by atoms with van der Waals surface area (Å²) < 4.78 is 2.34. The molecule has 116 valence electrons. The lowest BCUT2D eigenvalue weighted by Gasteiger charge is -2.21. The second-order valence-electron chi connectivity index (χ2n) is 6.04. The van der Waals surface area contributed by atoms with Gasteiger partial charge in [0.15, 0.2) is 0 Å². The van der Waals surface area contributed by atoms with Crippen molar-refractivity contribution in [1.29, 1.82) is 0 Å². The molecule has 0 spiro atoms. The lowest BCUT2D eigenvalue weighted by Crippen LogP contribution is -2.28. The number of fused-ring (bicyclic) bond motifs is 1. The Morgan fingerprint density at radius 2 is 2.10 bits per heavy atom. The lowest BCUT2D eigenvalue weighted by atomic mass is 10.2. The Labute approximate surface area is 132 Å². The van der Waals surface area contributed by atoms with Crippen LogP contribution in [0.2, 0.25) is 0 Å². The smallest absolute Gasteiger partial charge is 0.111 e. The van der Waals surface area contributed by atoms with Crippen molar-refractivity contribution in [3.8, 4) is 0 Å². The molecule has 3 nitrogen and oxygen atoms in total. The number of hydrogen-bond donors (Lipinski definition) is 0. The minimum absolute atomic E-state index is 0.592. The maximum absolute atomic E-state index is 5.93. The van der Waals surface area contributed by atoms with Crippen LogP contribution < -0.4 is 0 Å². The predicted octanol–water partition coefficient (Wildman–Crippen LogP) is 3.86. The van der Waals surface area contributed by atoms with Gasteiger partial charge >= 0.3 is 0 Å². The average Bonchev–Trinajstić information content (AvgIpc) is 2.76. The Balaban J connectivity index is 2.18. The third-order valence-corrected chi connectivity index (χ3v) is 4.26. The molecule has 0 aliphatic rings. The van der Waals surface area contributed by atoms with Crippen LogP contribution in [0.4, 0.5) is 0 Å². The quantitative estimate of drug-likeness (QED) is 0.724. The molecule has 21 heavy (non-hydrogen) atoms. The minimum atomic E-state index is 0.592. The normalized spacial score (nSPS) is 12.0. The summed E-state index contributed by atoms with van der Waals surface area (Å²) in [6.07, 6.45) is 1.96. The van der Waals surface area contributed by atoms with E-state index in [4.69, 9.17) is 16.6 Å². The van der Waals surface area contributed by atoms with Gasteiger partial charge in [0.05, 0.1) is 11.0 Å². The van der Waals surface area contributed by atoms with Crippen LogP contribution in [0, 0.1) is 6.92 Å². The van der Waals surface area contributed by atoms with E-state index in [1.807, 2.05) is 0 Å². The molecular weight excluding hydrogens is 282 g/mol. The number of alkyl halides is 1. The van der Waals surface area contributed by atoms with E-state index in [1.165, 1.54) is 11.1 Å². The highest BCUT2D eigenvalue weighted by atomic mass is 35.5. The van der Waals surface area contributed by atoms with Crippen molar-refractivity contribution in [2.45, 2.75) is 46.2 Å². The van der Waals surface area contributed by atoms with E-state index >= 15 is 0 Å². The molecule has 2 rings (SSSR count). The number of benzene rings is 1. The van der Waals surface area contributed by atoms with Gasteiger partial charge < -0.3 is 9.47 Å². The van der Waals surface area contributed by atoms with Crippen LogP contribution in [0.25, 0.3) is 11.0 Å². The topological polar surface area (TPSA) is 21.1 Å². The molecule has 0 atom stereocenters. The van der Waals surface area contributed by atoms with Gasteiger partial charge in [-0.15, -0.1) is 11.6 Å². The first-order valence-corrected chi connectivity index (χ1v) is 8.28. The third kappa shape index (κ3) is 3.98. The second-order valence-corrected chi connectivity index (χ2v) is 6.42. The molecule has 1 aromatic carbocycles. The highest BCUT2D eigenvalue weighted by Gasteiger charge is 2.11. The van der Waals surface area contributed by atoms with Crippen LogP contribution in [0.1, 0.15) is 31.7 Å². The fraction of sp³-hybridized carbons (Fsp3) is 0.588. The number of aryl methyl sites for hydroxylation is 3. The van der Waals surface area contributed by atoms with Gasteiger partial charge in [-0.25, -0.2) is 4.98 Å². The van der Waals surface area contributed by atoms with Gasteiger partial charge in [0.25, 0.3) is 0 Å². The van der Waals surface area contributed by atoms with Crippen molar-refractivity contribution in [3.05, 3.63) is 29.6 Å². The molecule has 0 saturated carbocycles. The van der Waals surface area contributed by atoms with Crippen LogP contribution in [-0.4, -0.2) is 40.0 Å². The second kappa shape index (κ2) is 7.28. The first-order chi connectivity index (χ1) is 10.0. The Kier molecular flexibility index (Phi) is 5.65. The molecule has 0 radical (unpaired) electrons. The Morgan fingerprint density at radius 1 is 1.33 bits per heavy atom. The third-order valence-electron chi connectivity index (χ3n) is 4.07. The number of imidazole rings is 1. The van der Waals surface area contributed by atoms with Crippen molar-refractivity contribution >= 4 is 22.6 Å². The van der Waals surface area contributed by atoms with Crippen molar-refractivity contribution < 1.29 is 0 Å². The van der Waals surface area contributed by atoms with Crippen molar-refractivity contribution in [3.63, 3.8) is 0 Å². The van der Waals surface area contributed by atoms with Gasteiger partial charge in [0.2, 0.25) is 0 Å². The Morgan fingerprint density at radius 3 is 2.76 bits per heavy atom. The molecule has 0 aliphatic carbocycles. The summed E-state index contributed by atoms with van der Waals surface area (Å²) in [5.74, 6) is 1.73. The molecule has 0 fully saturated rings. The van der Waals surface area contributed by atoms with Gasteiger partial charge in [-0.1, -0.05) is 6.07 Å². The molecule has 0 amide bonds. The van der Waals surface area contributed by atoms with Crippen LogP contribution >= 0.6 is 11.6 Å². The van der Waals surface area contributed by atoms with Crippen molar-refractivity contribution in [1.82, 2.24) is 14.5 Å². The molecular formula is C17H26ClN3. The molecule has 0 aliphatic heterocycles. The standard InChI is InChI=1S/C17H26ClN3/c1-13(2)20(4)10-5-11-21-16-7-6-14(3)12-15(16)19-17(21)8-9-18/h6-7,12-13H,5,8-11H2,1-4H3. The van der Waals surface area contributed by atoms with E-state index < -0.39 is 0 Å². The Bertz CT molecular complexity index is 589. The van der Waals surface area contributed by atoms with Gasteiger partial charge in [0.1, 0.15) is 5.82 Å². The molecule has 1 aromatic heterocycles. The van der Waals surface area contributed by atoms with E-state index in [0.717, 1.165) is 37.3 Å². The van der Waals surface area contributed by atoms with E-state index in [0.29, 0.717) is 11.9 Å². The summed E-state index contributed by atoms with van der Waals surface area (Å²) in [5, 5.41) is 0. The summed E-state index contributed by atoms with van der Waals surface area (Å²) in [5.41, 5.74) is 3.57. The molecule has 1 heterocycles. The molecule has 4 heteroatoms. The summed E-state index contributed by atoms with van der Waals surface area (Å²) in [4.78, 5) is 7.14. The van der Waals surface area contributed by atoms with Gasteiger partial charge in [-0.2, -0.15) is 0 Å². The summed E-state index contributed by atoms with van der Waals surface area (Å²) >= 11 is 5.93. The maximum Gasteiger partial charge on any atom is 0.111 e. The zero-order chi connectivity index (χ0) is 15.4. The van der Waals surface area contributed by atoms with Gasteiger partial charge in [0, 0.05) is 24.9 Å². The van der Waals surface area contributed by atoms with E-state index in [1.54, 1.807) is 0 Å². The van der Waals surface area contributed by atoms with E-state index in [9.17, 15) is 0 Å². The first-order valence-electron chi connectivity index (χ1n) is 7.75. The van der Waals surface area contributed by atoms with Crippen molar-refractivity contribution in [2.75, 3.05) is 19.5 Å². The van der Waals surface area contributed by atoms with Gasteiger partial charge in [-0.05, 0) is 58.5 Å². The number of hydrogen-bond acceptors (Lipinski definition) is 2. The van der Waals surface area contributed by atoms with E-state index in [-0.39, 0.29) is 0 Å². The predicted molar refractivity (Wildman–Crippen MR) is 91.3 cm³/mol. The molecule has 2 aromatic rings. The lowest BCUT2D eigenvalue weighted by molar-refractivity contribution is 0.265. The molecule has 0 unspecified atom stereocenters. The number of halogens is 1. The molecule has 0 N–H and O–H groups in total. The average molecular weight is 308 g/mol. The Hall–Kier alpha value is -1.06. The number of aromatic nitrogens is 2. The monoisotopic (exact) mass is 307 g/mol. The maximum atomic E-state index is 5.93. The number of rotatable bonds is 7. The van der Waals surface area contributed by atoms with Crippen LogP contribution in [0.5, 0.6) is 0 Å². The van der Waals surface area contributed by atoms with E-state index in [2.05, 4.69) is 55.5 Å². The fourth-order valence-electron chi connectivity index (χ4n) is 2.55. The number of nitrogens with zero attached hydrogens (tertiary/aromatic N) is 3. The largest absolute Gasteiger partial charge is 0.328 e. The molecule has 0 saturated heterocycles. The zero-order valence-corrected chi connectivity index (χ0v) is 14.3. The highest BCUT2D eigenvalue weighted by molar-refractivity contribution is 6.17. The summed E-state index contributed by atoms with van der Waals surface area (Å²) in [6, 6.07) is 7.09. The fourth-order valence-corrected chi connectivity index (χ4v) is 2.72. The summed E-state index contributed by atoms with van der Waals surface area (Å²) in [7, 11) is 2.18. The van der Waals surface area contributed by atoms with Crippen molar-refractivity contribution in [2.24, 2.45) is 0 Å². The first kappa shape index (κ1) is 16.3. The molecule has 0 bridgehead atoms. The highest BCUT2D eigenvalue weighted by Crippen LogP contribution is 2.19. The van der Waals surface area contributed by atoms with Gasteiger partial charge in [-0.3, -0.25) is 0 Å². The van der Waals surface area contributed by atoms with Crippen LogP contribution in [0.15, 0.2) is 18.2 Å². The summed E-state index contributed by atoms with van der Waals surface area (Å²) in [6.45, 7) is 8.67. The van der Waals surface area contributed by atoms with Crippen LogP contribution in [-0.2, 0) is 13.0 Å². The SMILES string of the molecule is Cc1ccc2c(c1)nc(CCCl)n2CCCN(C)C(C)C.